The number of carbonyl (C=O) groups is 1. The number of nitrogens with zero attached hydrogens (tertiary/aromatic N) is 3. The molecule has 3 aromatic heterocycles. The van der Waals surface area contributed by atoms with Crippen LogP contribution in [0.4, 0.5) is 14.6 Å². The highest BCUT2D eigenvalue weighted by molar-refractivity contribution is 6.21. The molecule has 3 aliphatic rings. The van der Waals surface area contributed by atoms with Crippen LogP contribution in [0.5, 0.6) is 0 Å². The quantitative estimate of drug-likeness (QED) is 0.435. The molecule has 2 saturated carbocycles. The third kappa shape index (κ3) is 3.51. The molecule has 8 nitrogen and oxygen atoms in total. The smallest absolute Gasteiger partial charge is 0.231 e. The van der Waals surface area contributed by atoms with Crippen molar-refractivity contribution >= 4 is 29.0 Å². The Balaban J connectivity index is 1.29. The summed E-state index contributed by atoms with van der Waals surface area (Å²) in [6, 6.07) is 3.58. The van der Waals surface area contributed by atoms with E-state index in [1.165, 1.54) is 0 Å². The van der Waals surface area contributed by atoms with E-state index in [-0.39, 0.29) is 30.2 Å². The van der Waals surface area contributed by atoms with Gasteiger partial charge in [-0.25, -0.2) is 18.7 Å². The Bertz CT molecular complexity index is 1210. The van der Waals surface area contributed by atoms with Gasteiger partial charge < -0.3 is 14.7 Å². The molecular formula is C22H24ClF2N7O. The first kappa shape index (κ1) is 21.0. The molecule has 4 N–H and O–H groups in total. The number of aryl methyl sites for hydroxylation is 1. The molecule has 1 amide bonds. The first-order chi connectivity index (χ1) is 15.9. The van der Waals surface area contributed by atoms with Crippen LogP contribution in [0.1, 0.15) is 35.3 Å². The van der Waals surface area contributed by atoms with E-state index in [4.69, 9.17) is 11.6 Å². The van der Waals surface area contributed by atoms with Crippen molar-refractivity contribution in [1.29, 1.82) is 0 Å². The molecule has 1 aliphatic heterocycles. The van der Waals surface area contributed by atoms with Crippen LogP contribution in [0, 0.1) is 18.8 Å². The number of imidazole rings is 2. The van der Waals surface area contributed by atoms with Crippen LogP contribution >= 0.6 is 11.6 Å². The van der Waals surface area contributed by atoms with Gasteiger partial charge in [0, 0.05) is 36.6 Å². The fourth-order valence-electron chi connectivity index (χ4n) is 5.39. The van der Waals surface area contributed by atoms with Crippen LogP contribution in [-0.4, -0.2) is 55.6 Å². The lowest BCUT2D eigenvalue weighted by Crippen LogP contribution is -2.52. The number of hydrogen-bond donors (Lipinski definition) is 4. The van der Waals surface area contributed by atoms with Gasteiger partial charge in [-0.2, -0.15) is 0 Å². The lowest BCUT2D eigenvalue weighted by molar-refractivity contribution is -0.117. The molecule has 6 unspecified atom stereocenters. The highest BCUT2D eigenvalue weighted by Gasteiger charge is 2.53. The Labute approximate surface area is 193 Å². The van der Waals surface area contributed by atoms with Gasteiger partial charge in [0.1, 0.15) is 23.8 Å². The average molecular weight is 476 g/mol. The number of alkyl halides is 3. The van der Waals surface area contributed by atoms with Crippen molar-refractivity contribution in [3.63, 3.8) is 0 Å². The molecule has 0 aromatic carbocycles. The summed E-state index contributed by atoms with van der Waals surface area (Å²) in [6.45, 7) is 2.50. The zero-order valence-corrected chi connectivity index (χ0v) is 18.6. The summed E-state index contributed by atoms with van der Waals surface area (Å²) in [6.07, 6.45) is 3.17. The number of pyridine rings is 1. The maximum Gasteiger partial charge on any atom is 0.231 e. The minimum absolute atomic E-state index is 0.0598. The fourth-order valence-corrected chi connectivity index (χ4v) is 5.88. The molecular weight excluding hydrogens is 452 g/mol. The number of fused-ring (bicyclic) bond motifs is 2. The molecule has 0 spiro atoms. The van der Waals surface area contributed by atoms with Gasteiger partial charge in [-0.1, -0.05) is 6.07 Å². The Hall–Kier alpha value is -2.56. The van der Waals surface area contributed by atoms with Gasteiger partial charge in [-0.3, -0.25) is 15.6 Å². The second-order valence-corrected chi connectivity index (χ2v) is 9.78. The minimum Gasteiger partial charge on any atom is -0.346 e. The van der Waals surface area contributed by atoms with Crippen LogP contribution < -0.4 is 16.2 Å². The summed E-state index contributed by atoms with van der Waals surface area (Å²) < 4.78 is 30.7. The van der Waals surface area contributed by atoms with Crippen LogP contribution in [0.2, 0.25) is 0 Å². The van der Waals surface area contributed by atoms with E-state index < -0.39 is 29.6 Å². The Kier molecular flexibility index (Phi) is 4.93. The first-order valence-electron chi connectivity index (χ1n) is 11.1. The number of halogens is 3. The maximum atomic E-state index is 15.7. The van der Waals surface area contributed by atoms with Gasteiger partial charge in [0.15, 0.2) is 5.82 Å². The lowest BCUT2D eigenvalue weighted by atomic mass is 9.67. The predicted molar refractivity (Wildman–Crippen MR) is 119 cm³/mol. The first-order valence-corrected chi connectivity index (χ1v) is 11.6. The van der Waals surface area contributed by atoms with Gasteiger partial charge in [0.05, 0.1) is 23.4 Å². The zero-order chi connectivity index (χ0) is 22.9. The molecule has 3 aromatic rings. The summed E-state index contributed by atoms with van der Waals surface area (Å²) in [5.41, 5.74) is 8.71. The van der Waals surface area contributed by atoms with Crippen LogP contribution in [0.15, 0.2) is 30.7 Å². The largest absolute Gasteiger partial charge is 0.346 e. The molecule has 4 heterocycles. The third-order valence-corrected chi connectivity index (χ3v) is 7.66. The van der Waals surface area contributed by atoms with Crippen molar-refractivity contribution in [2.45, 2.75) is 48.9 Å². The zero-order valence-electron chi connectivity index (χ0n) is 17.8. The minimum atomic E-state index is -1.29. The van der Waals surface area contributed by atoms with E-state index in [1.807, 2.05) is 25.3 Å². The monoisotopic (exact) mass is 475 g/mol. The number of aromatic amines is 1. The van der Waals surface area contributed by atoms with E-state index in [9.17, 15) is 9.18 Å². The van der Waals surface area contributed by atoms with Crippen molar-refractivity contribution in [2.24, 2.45) is 11.8 Å². The molecule has 11 heteroatoms. The average Bonchev–Trinajstić information content (AvgIpc) is 3.16. The summed E-state index contributed by atoms with van der Waals surface area (Å²) in [5.74, 6) is -0.455. The number of nitrogens with one attached hydrogen (secondary N) is 4. The van der Waals surface area contributed by atoms with Gasteiger partial charge in [0.25, 0.3) is 0 Å². The Morgan fingerprint density at radius 1 is 1.27 bits per heavy atom. The highest BCUT2D eigenvalue weighted by atomic mass is 35.5. The number of hydrazine groups is 1. The molecule has 0 radical (unpaired) electrons. The second-order valence-electron chi connectivity index (χ2n) is 9.28. The molecule has 6 rings (SSSR count). The number of carbonyl (C=O) groups excluding carboxylic acids is 1. The van der Waals surface area contributed by atoms with Crippen LogP contribution in [-0.2, 0) is 4.79 Å². The normalized spacial score (nSPS) is 35.5. The van der Waals surface area contributed by atoms with Crippen molar-refractivity contribution in [2.75, 3.05) is 11.9 Å². The topological polar surface area (TPSA) is 99.1 Å². The highest BCUT2D eigenvalue weighted by Crippen LogP contribution is 2.49. The summed E-state index contributed by atoms with van der Waals surface area (Å²) >= 11 is 6.78. The number of amides is 1. The molecule has 1 saturated heterocycles. The molecule has 33 heavy (non-hydrogen) atoms. The Morgan fingerprint density at radius 3 is 2.82 bits per heavy atom. The number of aromatic nitrogens is 4. The van der Waals surface area contributed by atoms with E-state index >= 15 is 4.39 Å². The van der Waals surface area contributed by atoms with E-state index in [2.05, 4.69) is 31.1 Å². The lowest BCUT2D eigenvalue weighted by Gasteiger charge is -2.43. The summed E-state index contributed by atoms with van der Waals surface area (Å²) in [7, 11) is 0. The molecule has 3 fully saturated rings. The van der Waals surface area contributed by atoms with Crippen molar-refractivity contribution in [3.8, 4) is 0 Å². The second kappa shape index (κ2) is 7.75. The molecule has 174 valence electrons. The van der Waals surface area contributed by atoms with Crippen molar-refractivity contribution in [3.05, 3.63) is 47.8 Å². The summed E-state index contributed by atoms with van der Waals surface area (Å²) in [5, 5.41) is 1.94. The van der Waals surface area contributed by atoms with Crippen LogP contribution in [0.3, 0.4) is 0 Å². The van der Waals surface area contributed by atoms with E-state index in [0.29, 0.717) is 18.0 Å². The SMILES string of the molecule is Cc1ncc(C2C(F)C(Cl)C(c3ccc4nc(NC(=O)[C@@H]5C[C@@H]5F)cn4c3)C3CNNC32)[nH]1. The fraction of sp³-hybridized carbons (Fsp3) is 0.500. The number of rotatable bonds is 4. The van der Waals surface area contributed by atoms with Gasteiger partial charge >= 0.3 is 0 Å². The number of H-pyrrole nitrogens is 1. The van der Waals surface area contributed by atoms with E-state index in [0.717, 1.165) is 17.1 Å². The van der Waals surface area contributed by atoms with Crippen molar-refractivity contribution < 1.29 is 13.6 Å². The van der Waals surface area contributed by atoms with Crippen molar-refractivity contribution in [1.82, 2.24) is 30.2 Å². The van der Waals surface area contributed by atoms with Gasteiger partial charge in [-0.15, -0.1) is 11.6 Å². The summed E-state index contributed by atoms with van der Waals surface area (Å²) in [4.78, 5) is 23.9. The Morgan fingerprint density at radius 2 is 2.09 bits per heavy atom. The maximum absolute atomic E-state index is 15.7. The third-order valence-electron chi connectivity index (χ3n) is 7.15. The van der Waals surface area contributed by atoms with E-state index in [1.54, 1.807) is 16.8 Å². The van der Waals surface area contributed by atoms with Gasteiger partial charge in [0.2, 0.25) is 5.91 Å². The predicted octanol–water partition coefficient (Wildman–Crippen LogP) is 2.58. The number of anilines is 1. The molecule has 0 bridgehead atoms. The standard InChI is InChI=1S/C22H24ClF2N7O/c1-9-26-6-14(28-9)18-20(25)19(23)17(12-5-27-31-21(12)18)10-2-3-16-29-15(8-32(16)7-10)30-22(33)11-4-13(11)24/h2-3,6-8,11-13,17-21,27,31H,4-5H2,1H3,(H,26,28)(H,30,33)/t11-,12?,13+,17?,18?,19?,20?,21?/m1/s1. The van der Waals surface area contributed by atoms with Crippen LogP contribution in [0.25, 0.3) is 5.65 Å². The number of hydrogen-bond acceptors (Lipinski definition) is 5. The molecule has 2 aliphatic carbocycles. The molecule has 8 atom stereocenters. The van der Waals surface area contributed by atoms with Gasteiger partial charge in [-0.05, 0) is 30.9 Å².